The Morgan fingerprint density at radius 2 is 2.33 bits per heavy atom. The van der Waals surface area contributed by atoms with E-state index in [0.717, 1.165) is 5.56 Å². The molecule has 0 spiro atoms. The first kappa shape index (κ1) is 10.1. The Balaban J connectivity index is 2.40. The molecule has 2 N–H and O–H groups in total. The highest BCUT2D eigenvalue weighted by atomic mass is 19.1. The van der Waals surface area contributed by atoms with Gasteiger partial charge in [-0.15, -0.1) is 0 Å². The standard InChI is InChI=1S/C11H13FN2O/c1-7(13)11(15)14-6-5-8-3-2-4-9(12)10(8)14/h2-4,7H,5-6,13H2,1H3. The van der Waals surface area contributed by atoms with Crippen molar-refractivity contribution < 1.29 is 9.18 Å². The van der Waals surface area contributed by atoms with Crippen molar-refractivity contribution in [3.05, 3.63) is 29.6 Å². The number of fused-ring (bicyclic) bond motifs is 1. The summed E-state index contributed by atoms with van der Waals surface area (Å²) in [5.41, 5.74) is 6.79. The molecule has 0 saturated carbocycles. The lowest BCUT2D eigenvalue weighted by atomic mass is 10.1. The zero-order valence-electron chi connectivity index (χ0n) is 8.53. The second kappa shape index (κ2) is 3.62. The van der Waals surface area contributed by atoms with Gasteiger partial charge < -0.3 is 10.6 Å². The minimum atomic E-state index is -0.587. The number of nitrogens with two attached hydrogens (primary N) is 1. The molecule has 4 heteroatoms. The van der Waals surface area contributed by atoms with Gasteiger partial charge in [-0.05, 0) is 25.0 Å². The largest absolute Gasteiger partial charge is 0.320 e. The number of halogens is 1. The molecular formula is C11H13FN2O. The van der Waals surface area contributed by atoms with Gasteiger partial charge in [0.15, 0.2) is 0 Å². The molecule has 1 atom stereocenters. The molecule has 0 bridgehead atoms. The summed E-state index contributed by atoms with van der Waals surface area (Å²) in [5, 5.41) is 0. The van der Waals surface area contributed by atoms with E-state index in [2.05, 4.69) is 0 Å². The Morgan fingerprint density at radius 1 is 1.60 bits per heavy atom. The Labute approximate surface area is 87.7 Å². The van der Waals surface area contributed by atoms with Crippen LogP contribution in [0.1, 0.15) is 12.5 Å². The van der Waals surface area contributed by atoms with Gasteiger partial charge in [-0.3, -0.25) is 4.79 Å². The summed E-state index contributed by atoms with van der Waals surface area (Å²) in [6.45, 7) is 2.14. The van der Waals surface area contributed by atoms with Gasteiger partial charge in [0.2, 0.25) is 5.91 Å². The smallest absolute Gasteiger partial charge is 0.243 e. The Morgan fingerprint density at radius 3 is 3.00 bits per heavy atom. The first-order chi connectivity index (χ1) is 7.11. The van der Waals surface area contributed by atoms with Gasteiger partial charge in [0.05, 0.1) is 11.7 Å². The van der Waals surface area contributed by atoms with Gasteiger partial charge in [-0.1, -0.05) is 12.1 Å². The SMILES string of the molecule is CC(N)C(=O)N1CCc2cccc(F)c21. The van der Waals surface area contributed by atoms with Gasteiger partial charge in [-0.2, -0.15) is 0 Å². The molecular weight excluding hydrogens is 195 g/mol. The van der Waals surface area contributed by atoms with Crippen LogP contribution in [0.3, 0.4) is 0 Å². The van der Waals surface area contributed by atoms with Crippen LogP contribution >= 0.6 is 0 Å². The summed E-state index contributed by atoms with van der Waals surface area (Å²) >= 11 is 0. The number of carbonyl (C=O) groups excluding carboxylic acids is 1. The van der Waals surface area contributed by atoms with Crippen LogP contribution in [0.2, 0.25) is 0 Å². The quantitative estimate of drug-likeness (QED) is 0.750. The van der Waals surface area contributed by atoms with E-state index in [9.17, 15) is 9.18 Å². The van der Waals surface area contributed by atoms with Crippen LogP contribution in [0.25, 0.3) is 0 Å². The van der Waals surface area contributed by atoms with Crippen molar-refractivity contribution in [2.45, 2.75) is 19.4 Å². The van der Waals surface area contributed by atoms with Crippen molar-refractivity contribution in [1.29, 1.82) is 0 Å². The van der Waals surface area contributed by atoms with Crippen LogP contribution in [-0.4, -0.2) is 18.5 Å². The van der Waals surface area contributed by atoms with Crippen molar-refractivity contribution in [1.82, 2.24) is 0 Å². The van der Waals surface area contributed by atoms with Gasteiger partial charge >= 0.3 is 0 Å². The molecule has 1 unspecified atom stereocenters. The summed E-state index contributed by atoms with van der Waals surface area (Å²) < 4.78 is 13.5. The lowest BCUT2D eigenvalue weighted by Gasteiger charge is -2.19. The van der Waals surface area contributed by atoms with E-state index in [1.54, 1.807) is 13.0 Å². The van der Waals surface area contributed by atoms with Crippen molar-refractivity contribution in [3.8, 4) is 0 Å². The highest BCUT2D eigenvalue weighted by Gasteiger charge is 2.28. The number of rotatable bonds is 1. The maximum absolute atomic E-state index is 13.5. The summed E-state index contributed by atoms with van der Waals surface area (Å²) in [6.07, 6.45) is 0.700. The summed E-state index contributed by atoms with van der Waals surface area (Å²) in [7, 11) is 0. The average Bonchev–Trinajstić information content (AvgIpc) is 2.61. The number of hydrogen-bond donors (Lipinski definition) is 1. The molecule has 0 radical (unpaired) electrons. The fourth-order valence-corrected chi connectivity index (χ4v) is 1.87. The Bertz CT molecular complexity index is 404. The molecule has 1 aliphatic heterocycles. The molecule has 1 aliphatic rings. The maximum atomic E-state index is 13.5. The molecule has 3 nitrogen and oxygen atoms in total. The van der Waals surface area contributed by atoms with E-state index in [0.29, 0.717) is 18.7 Å². The van der Waals surface area contributed by atoms with E-state index >= 15 is 0 Å². The minimum Gasteiger partial charge on any atom is -0.320 e. The molecule has 1 heterocycles. The van der Waals surface area contributed by atoms with Gasteiger partial charge in [0.25, 0.3) is 0 Å². The Kier molecular flexibility index (Phi) is 2.44. The molecule has 15 heavy (non-hydrogen) atoms. The highest BCUT2D eigenvalue weighted by Crippen LogP contribution is 2.30. The number of nitrogens with zero attached hydrogens (tertiary/aromatic N) is 1. The van der Waals surface area contributed by atoms with Crippen molar-refractivity contribution >= 4 is 11.6 Å². The third-order valence-electron chi connectivity index (χ3n) is 2.60. The van der Waals surface area contributed by atoms with Crippen LogP contribution in [0.4, 0.5) is 10.1 Å². The second-order valence-corrected chi connectivity index (χ2v) is 3.78. The fourth-order valence-electron chi connectivity index (χ4n) is 1.87. The highest BCUT2D eigenvalue weighted by molar-refractivity contribution is 5.98. The average molecular weight is 208 g/mol. The topological polar surface area (TPSA) is 46.3 Å². The lowest BCUT2D eigenvalue weighted by Crippen LogP contribution is -2.41. The monoisotopic (exact) mass is 208 g/mol. The number of amides is 1. The number of para-hydroxylation sites is 1. The first-order valence-corrected chi connectivity index (χ1v) is 4.95. The van der Waals surface area contributed by atoms with Crippen LogP contribution < -0.4 is 10.6 Å². The molecule has 2 rings (SSSR count). The summed E-state index contributed by atoms with van der Waals surface area (Å²) in [6, 6.07) is 4.28. The third kappa shape index (κ3) is 1.61. The molecule has 0 aromatic heterocycles. The minimum absolute atomic E-state index is 0.223. The Hall–Kier alpha value is -1.42. The van der Waals surface area contributed by atoms with E-state index in [1.165, 1.54) is 11.0 Å². The van der Waals surface area contributed by atoms with Gasteiger partial charge in [0.1, 0.15) is 5.82 Å². The fraction of sp³-hybridized carbons (Fsp3) is 0.364. The molecule has 1 aromatic rings. The third-order valence-corrected chi connectivity index (χ3v) is 2.60. The van der Waals surface area contributed by atoms with Crippen LogP contribution in [-0.2, 0) is 11.2 Å². The number of hydrogen-bond acceptors (Lipinski definition) is 2. The molecule has 0 fully saturated rings. The molecule has 0 aliphatic carbocycles. The summed E-state index contributed by atoms with van der Waals surface area (Å²) in [5.74, 6) is -0.571. The van der Waals surface area contributed by atoms with Gasteiger partial charge in [-0.25, -0.2) is 4.39 Å². The van der Waals surface area contributed by atoms with E-state index in [1.807, 2.05) is 6.07 Å². The molecule has 0 saturated heterocycles. The maximum Gasteiger partial charge on any atom is 0.243 e. The van der Waals surface area contributed by atoms with E-state index in [4.69, 9.17) is 5.73 Å². The normalized spacial score (nSPS) is 16.3. The number of benzene rings is 1. The summed E-state index contributed by atoms with van der Waals surface area (Å²) in [4.78, 5) is 13.1. The second-order valence-electron chi connectivity index (χ2n) is 3.78. The zero-order valence-corrected chi connectivity index (χ0v) is 8.53. The predicted octanol–water partition coefficient (Wildman–Crippen LogP) is 1.06. The van der Waals surface area contributed by atoms with Crippen molar-refractivity contribution in [2.75, 3.05) is 11.4 Å². The van der Waals surface area contributed by atoms with Crippen LogP contribution in [0.5, 0.6) is 0 Å². The predicted molar refractivity (Wildman–Crippen MR) is 56.1 cm³/mol. The number of anilines is 1. The van der Waals surface area contributed by atoms with E-state index in [-0.39, 0.29) is 11.7 Å². The molecule has 1 aromatic carbocycles. The van der Waals surface area contributed by atoms with Crippen molar-refractivity contribution in [3.63, 3.8) is 0 Å². The zero-order chi connectivity index (χ0) is 11.0. The lowest BCUT2D eigenvalue weighted by molar-refractivity contribution is -0.119. The molecule has 80 valence electrons. The van der Waals surface area contributed by atoms with Gasteiger partial charge in [0, 0.05) is 6.54 Å². The van der Waals surface area contributed by atoms with E-state index < -0.39 is 6.04 Å². The molecule has 1 amide bonds. The van der Waals surface area contributed by atoms with Crippen LogP contribution in [0, 0.1) is 5.82 Å². The number of carbonyl (C=O) groups is 1. The van der Waals surface area contributed by atoms with Crippen molar-refractivity contribution in [2.24, 2.45) is 5.73 Å². The van der Waals surface area contributed by atoms with Crippen LogP contribution in [0.15, 0.2) is 18.2 Å². The first-order valence-electron chi connectivity index (χ1n) is 4.95.